The smallest absolute Gasteiger partial charge is 0.230 e. The zero-order chi connectivity index (χ0) is 13.7. The summed E-state index contributed by atoms with van der Waals surface area (Å²) in [6.07, 6.45) is 4.83. The van der Waals surface area contributed by atoms with Crippen molar-refractivity contribution in [2.45, 2.75) is 39.3 Å². The second kappa shape index (κ2) is 6.47. The molecule has 104 valence electrons. The summed E-state index contributed by atoms with van der Waals surface area (Å²) in [7, 11) is 2.06. The Hall–Kier alpha value is -1.69. The van der Waals surface area contributed by atoms with Gasteiger partial charge in [-0.3, -0.25) is 9.58 Å². The van der Waals surface area contributed by atoms with Crippen molar-refractivity contribution in [2.24, 2.45) is 0 Å². The predicted molar refractivity (Wildman–Crippen MR) is 71.6 cm³/mol. The van der Waals surface area contributed by atoms with E-state index in [1.165, 1.54) is 0 Å². The van der Waals surface area contributed by atoms with Gasteiger partial charge in [-0.15, -0.1) is 10.2 Å². The highest BCUT2D eigenvalue weighted by atomic mass is 16.4. The summed E-state index contributed by atoms with van der Waals surface area (Å²) in [5, 5.41) is 12.3. The zero-order valence-electron chi connectivity index (χ0n) is 11.8. The molecule has 0 amide bonds. The van der Waals surface area contributed by atoms with Gasteiger partial charge in [0.2, 0.25) is 11.8 Å². The molecule has 2 heterocycles. The minimum absolute atomic E-state index is 0.284. The number of nitrogens with zero attached hydrogens (tertiary/aromatic N) is 5. The average Bonchev–Trinajstić information content (AvgIpc) is 3.00. The Morgan fingerprint density at radius 3 is 2.84 bits per heavy atom. The molecule has 0 saturated heterocycles. The van der Waals surface area contributed by atoms with Crippen molar-refractivity contribution in [3.63, 3.8) is 0 Å². The van der Waals surface area contributed by atoms with Gasteiger partial charge in [-0.1, -0.05) is 13.8 Å². The monoisotopic (exact) mass is 263 g/mol. The van der Waals surface area contributed by atoms with E-state index in [2.05, 4.69) is 27.2 Å². The number of aryl methyl sites for hydroxylation is 1. The lowest BCUT2D eigenvalue weighted by molar-refractivity contribution is 0.273. The van der Waals surface area contributed by atoms with Gasteiger partial charge in [-0.05, 0) is 19.5 Å². The first-order chi connectivity index (χ1) is 9.15. The summed E-state index contributed by atoms with van der Waals surface area (Å²) in [6, 6.07) is 1.94. The molecule has 0 N–H and O–H groups in total. The van der Waals surface area contributed by atoms with Gasteiger partial charge in [0.25, 0.3) is 0 Å². The van der Waals surface area contributed by atoms with Crippen LogP contribution in [0.15, 0.2) is 22.9 Å². The maximum absolute atomic E-state index is 5.59. The SMILES string of the molecule is CC(C)c1nnc(CN(C)CCCn2cccn2)o1. The normalized spacial score (nSPS) is 11.6. The molecule has 0 aliphatic carbocycles. The van der Waals surface area contributed by atoms with E-state index in [0.29, 0.717) is 18.3 Å². The third kappa shape index (κ3) is 4.17. The van der Waals surface area contributed by atoms with Crippen molar-refractivity contribution in [3.05, 3.63) is 30.2 Å². The summed E-state index contributed by atoms with van der Waals surface area (Å²) in [6.45, 7) is 6.69. The fraction of sp³-hybridized carbons (Fsp3) is 0.615. The molecule has 19 heavy (non-hydrogen) atoms. The second-order valence-electron chi connectivity index (χ2n) is 5.05. The number of aromatic nitrogens is 4. The molecule has 0 saturated carbocycles. The molecule has 6 nitrogen and oxygen atoms in total. The van der Waals surface area contributed by atoms with Crippen LogP contribution in [0.4, 0.5) is 0 Å². The summed E-state index contributed by atoms with van der Waals surface area (Å²) in [5.74, 6) is 1.68. The first kappa shape index (κ1) is 13.7. The Balaban J connectivity index is 1.72. The number of hydrogen-bond acceptors (Lipinski definition) is 5. The molecule has 0 bridgehead atoms. The third-order valence-electron chi connectivity index (χ3n) is 2.87. The highest BCUT2D eigenvalue weighted by Crippen LogP contribution is 2.12. The standard InChI is InChI=1S/C13H21N5O/c1-11(2)13-16-15-12(19-13)10-17(3)7-5-9-18-8-4-6-14-18/h4,6,8,11H,5,7,9-10H2,1-3H3. The van der Waals surface area contributed by atoms with Crippen molar-refractivity contribution in [3.8, 4) is 0 Å². The molecular formula is C13H21N5O. The largest absolute Gasteiger partial charge is 0.424 e. The van der Waals surface area contributed by atoms with E-state index in [-0.39, 0.29) is 5.92 Å². The Morgan fingerprint density at radius 1 is 1.37 bits per heavy atom. The van der Waals surface area contributed by atoms with Crippen LogP contribution < -0.4 is 0 Å². The van der Waals surface area contributed by atoms with Crippen molar-refractivity contribution in [1.29, 1.82) is 0 Å². The van der Waals surface area contributed by atoms with E-state index < -0.39 is 0 Å². The fourth-order valence-corrected chi connectivity index (χ4v) is 1.81. The van der Waals surface area contributed by atoms with Crippen LogP contribution in [0.25, 0.3) is 0 Å². The maximum atomic E-state index is 5.59. The van der Waals surface area contributed by atoms with Crippen LogP contribution in [0, 0.1) is 0 Å². The topological polar surface area (TPSA) is 60.0 Å². The van der Waals surface area contributed by atoms with Crippen LogP contribution in [0.5, 0.6) is 0 Å². The van der Waals surface area contributed by atoms with E-state index in [0.717, 1.165) is 19.5 Å². The molecule has 0 unspecified atom stereocenters. The second-order valence-corrected chi connectivity index (χ2v) is 5.05. The molecule has 0 aliphatic heterocycles. The lowest BCUT2D eigenvalue weighted by Crippen LogP contribution is -2.20. The number of hydrogen-bond donors (Lipinski definition) is 0. The molecular weight excluding hydrogens is 242 g/mol. The zero-order valence-corrected chi connectivity index (χ0v) is 11.8. The molecule has 2 aromatic heterocycles. The summed E-state index contributed by atoms with van der Waals surface area (Å²) >= 11 is 0. The molecule has 0 radical (unpaired) electrons. The third-order valence-corrected chi connectivity index (χ3v) is 2.87. The molecule has 0 aliphatic rings. The van der Waals surface area contributed by atoms with Crippen molar-refractivity contribution in [2.75, 3.05) is 13.6 Å². The van der Waals surface area contributed by atoms with Crippen LogP contribution in [0.2, 0.25) is 0 Å². The van der Waals surface area contributed by atoms with Gasteiger partial charge in [-0.25, -0.2) is 0 Å². The fourth-order valence-electron chi connectivity index (χ4n) is 1.81. The van der Waals surface area contributed by atoms with Crippen LogP contribution in [0.3, 0.4) is 0 Å². The Kier molecular flexibility index (Phi) is 4.68. The van der Waals surface area contributed by atoms with Gasteiger partial charge in [0.15, 0.2) is 0 Å². The predicted octanol–water partition coefficient (Wildman–Crippen LogP) is 1.91. The molecule has 2 aromatic rings. The lowest BCUT2D eigenvalue weighted by Gasteiger charge is -2.13. The highest BCUT2D eigenvalue weighted by Gasteiger charge is 2.11. The minimum Gasteiger partial charge on any atom is -0.424 e. The van der Waals surface area contributed by atoms with Gasteiger partial charge in [0.05, 0.1) is 6.54 Å². The van der Waals surface area contributed by atoms with Crippen LogP contribution in [0.1, 0.15) is 38.0 Å². The van der Waals surface area contributed by atoms with Crippen molar-refractivity contribution < 1.29 is 4.42 Å². The van der Waals surface area contributed by atoms with E-state index >= 15 is 0 Å². The van der Waals surface area contributed by atoms with Crippen molar-refractivity contribution >= 4 is 0 Å². The van der Waals surface area contributed by atoms with Gasteiger partial charge in [0.1, 0.15) is 0 Å². The van der Waals surface area contributed by atoms with Gasteiger partial charge >= 0.3 is 0 Å². The Morgan fingerprint density at radius 2 is 2.21 bits per heavy atom. The Labute approximate surface area is 113 Å². The van der Waals surface area contributed by atoms with Crippen LogP contribution >= 0.6 is 0 Å². The summed E-state index contributed by atoms with van der Waals surface area (Å²) in [4.78, 5) is 2.18. The molecule has 0 atom stereocenters. The van der Waals surface area contributed by atoms with E-state index in [9.17, 15) is 0 Å². The highest BCUT2D eigenvalue weighted by molar-refractivity contribution is 4.87. The van der Waals surface area contributed by atoms with E-state index in [4.69, 9.17) is 4.42 Å². The van der Waals surface area contributed by atoms with Crippen molar-refractivity contribution in [1.82, 2.24) is 24.9 Å². The van der Waals surface area contributed by atoms with Gasteiger partial charge in [0, 0.05) is 31.4 Å². The van der Waals surface area contributed by atoms with Gasteiger partial charge in [-0.2, -0.15) is 5.10 Å². The lowest BCUT2D eigenvalue weighted by atomic mass is 10.2. The van der Waals surface area contributed by atoms with Crippen LogP contribution in [-0.2, 0) is 13.1 Å². The molecule has 6 heteroatoms. The first-order valence-electron chi connectivity index (χ1n) is 6.63. The molecule has 0 fully saturated rings. The average molecular weight is 263 g/mol. The van der Waals surface area contributed by atoms with Crippen LogP contribution in [-0.4, -0.2) is 38.5 Å². The summed E-state index contributed by atoms with van der Waals surface area (Å²) < 4.78 is 7.53. The van der Waals surface area contributed by atoms with E-state index in [1.807, 2.05) is 30.8 Å². The first-order valence-corrected chi connectivity index (χ1v) is 6.63. The van der Waals surface area contributed by atoms with Gasteiger partial charge < -0.3 is 4.42 Å². The summed E-state index contributed by atoms with van der Waals surface area (Å²) in [5.41, 5.74) is 0. The quantitative estimate of drug-likeness (QED) is 0.763. The maximum Gasteiger partial charge on any atom is 0.230 e. The number of rotatable bonds is 7. The minimum atomic E-state index is 0.284. The van der Waals surface area contributed by atoms with E-state index in [1.54, 1.807) is 6.20 Å². The molecule has 0 spiro atoms. The molecule has 2 rings (SSSR count). The molecule has 0 aromatic carbocycles. The Bertz CT molecular complexity index is 477.